The fourth-order valence-corrected chi connectivity index (χ4v) is 3.02. The van der Waals surface area contributed by atoms with E-state index in [0.717, 1.165) is 5.99 Å². The largest absolute Gasteiger partial charge is 0.210 e. The zero-order valence-corrected chi connectivity index (χ0v) is 11.2. The summed E-state index contributed by atoms with van der Waals surface area (Å²) in [6.45, 7) is 6.88. The van der Waals surface area contributed by atoms with E-state index in [0.29, 0.717) is 0 Å². The molecule has 0 saturated heterocycles. The highest BCUT2D eigenvalue weighted by molar-refractivity contribution is 8.25. The molecule has 0 aromatic heterocycles. The molecular weight excluding hydrogens is 187 g/mol. The van der Waals surface area contributed by atoms with Crippen LogP contribution in [0.15, 0.2) is 0 Å². The van der Waals surface area contributed by atoms with Crippen LogP contribution >= 0.6 is 11.6 Å². The van der Waals surface area contributed by atoms with Gasteiger partial charge in [-0.3, -0.25) is 0 Å². The lowest BCUT2D eigenvalue weighted by Gasteiger charge is -2.11. The number of hydrogen-bond acceptors (Lipinski definition) is 1. The number of hydrogen-bond donors (Lipinski definition) is 0. The molecule has 0 aliphatic carbocycles. The second kappa shape index (κ2) is 11.5. The first kappa shape index (κ1) is 14.4. The van der Waals surface area contributed by atoms with Crippen LogP contribution in [0.4, 0.5) is 0 Å². The Morgan fingerprint density at radius 3 is 1.71 bits per heavy atom. The summed E-state index contributed by atoms with van der Waals surface area (Å²) >= 11 is 2.23. The standard InChI is InChI=1S/C12H27BS/c1-4-7-10-13(11-8-5-2)14-12-9-6-3/h4-12H2,1-3H3. The van der Waals surface area contributed by atoms with E-state index in [1.165, 1.54) is 56.9 Å². The van der Waals surface area contributed by atoms with Gasteiger partial charge in [0.05, 0.1) is 0 Å². The molecule has 0 radical (unpaired) electrons. The van der Waals surface area contributed by atoms with Crippen LogP contribution in [0.5, 0.6) is 0 Å². The molecule has 0 N–H and O–H groups in total. The lowest BCUT2D eigenvalue weighted by atomic mass is 9.66. The van der Waals surface area contributed by atoms with Crippen LogP contribution in [-0.2, 0) is 0 Å². The summed E-state index contributed by atoms with van der Waals surface area (Å²) in [5, 5.41) is 0. The minimum atomic E-state index is 0.960. The Balaban J connectivity index is 3.49. The Kier molecular flexibility index (Phi) is 11.8. The summed E-state index contributed by atoms with van der Waals surface area (Å²) < 4.78 is 0. The van der Waals surface area contributed by atoms with Crippen molar-refractivity contribution in [3.05, 3.63) is 0 Å². The summed E-state index contributed by atoms with van der Waals surface area (Å²) in [6, 6.07) is 0. The molecule has 0 aliphatic rings. The quantitative estimate of drug-likeness (QED) is 0.359. The van der Waals surface area contributed by atoms with E-state index in [1.54, 1.807) is 0 Å². The minimum absolute atomic E-state index is 0.960. The van der Waals surface area contributed by atoms with Crippen molar-refractivity contribution < 1.29 is 0 Å². The van der Waals surface area contributed by atoms with Crippen molar-refractivity contribution in [3.63, 3.8) is 0 Å². The first-order chi connectivity index (χ1) is 6.85. The summed E-state index contributed by atoms with van der Waals surface area (Å²) in [5.74, 6) is 2.34. The fourth-order valence-electron chi connectivity index (χ4n) is 1.57. The molecule has 2 heteroatoms. The summed E-state index contributed by atoms with van der Waals surface area (Å²) in [4.78, 5) is 0. The van der Waals surface area contributed by atoms with Crippen molar-refractivity contribution in [2.24, 2.45) is 0 Å². The molecule has 14 heavy (non-hydrogen) atoms. The molecule has 0 fully saturated rings. The number of unbranched alkanes of at least 4 members (excludes halogenated alkanes) is 3. The van der Waals surface area contributed by atoms with E-state index in [1.807, 2.05) is 0 Å². The molecule has 0 nitrogen and oxygen atoms in total. The molecule has 0 heterocycles. The van der Waals surface area contributed by atoms with Crippen molar-refractivity contribution in [1.82, 2.24) is 0 Å². The molecule has 0 rings (SSSR count). The van der Waals surface area contributed by atoms with Gasteiger partial charge >= 0.3 is 0 Å². The van der Waals surface area contributed by atoms with Gasteiger partial charge in [0.2, 0.25) is 5.99 Å². The van der Waals surface area contributed by atoms with Crippen molar-refractivity contribution >= 4 is 17.6 Å². The van der Waals surface area contributed by atoms with Gasteiger partial charge < -0.3 is 0 Å². The lowest BCUT2D eigenvalue weighted by Crippen LogP contribution is -2.08. The van der Waals surface area contributed by atoms with E-state index in [4.69, 9.17) is 0 Å². The molecule has 0 bridgehead atoms. The summed E-state index contributed by atoms with van der Waals surface area (Å²) in [6.07, 6.45) is 11.2. The Labute approximate surface area is 95.6 Å². The molecule has 0 aromatic rings. The third-order valence-electron chi connectivity index (χ3n) is 2.61. The topological polar surface area (TPSA) is 0 Å². The first-order valence-electron chi connectivity index (χ1n) is 6.46. The SMILES string of the molecule is CCCCSB(CCCC)CCCC. The van der Waals surface area contributed by atoms with Crippen LogP contribution in [0.25, 0.3) is 0 Å². The Hall–Kier alpha value is 0.415. The smallest absolute Gasteiger partial charge is 0.209 e. The Morgan fingerprint density at radius 1 is 0.786 bits per heavy atom. The monoisotopic (exact) mass is 214 g/mol. The number of rotatable bonds is 10. The van der Waals surface area contributed by atoms with Gasteiger partial charge in [-0.15, -0.1) is 0 Å². The molecule has 0 aliphatic heterocycles. The molecule has 0 amide bonds. The third-order valence-corrected chi connectivity index (χ3v) is 4.08. The Morgan fingerprint density at radius 2 is 1.29 bits per heavy atom. The minimum Gasteiger partial charge on any atom is -0.210 e. The lowest BCUT2D eigenvalue weighted by molar-refractivity contribution is 0.848. The first-order valence-corrected chi connectivity index (χ1v) is 7.51. The van der Waals surface area contributed by atoms with Crippen molar-refractivity contribution in [1.29, 1.82) is 0 Å². The van der Waals surface area contributed by atoms with Gasteiger partial charge in [0.1, 0.15) is 0 Å². The van der Waals surface area contributed by atoms with Crippen molar-refractivity contribution in [2.75, 3.05) is 5.75 Å². The van der Waals surface area contributed by atoms with Crippen molar-refractivity contribution in [2.45, 2.75) is 71.9 Å². The van der Waals surface area contributed by atoms with Gasteiger partial charge in [-0.05, 0) is 12.2 Å². The second-order valence-corrected chi connectivity index (χ2v) is 5.54. The summed E-state index contributed by atoms with van der Waals surface area (Å²) in [7, 11) is 0. The van der Waals surface area contributed by atoms with Crippen LogP contribution in [-0.4, -0.2) is 11.7 Å². The zero-order valence-electron chi connectivity index (χ0n) is 10.3. The van der Waals surface area contributed by atoms with Crippen LogP contribution in [0.3, 0.4) is 0 Å². The summed E-state index contributed by atoms with van der Waals surface area (Å²) in [5.41, 5.74) is 0. The maximum Gasteiger partial charge on any atom is 0.209 e. The second-order valence-electron chi connectivity index (χ2n) is 4.13. The van der Waals surface area contributed by atoms with Gasteiger partial charge in [0, 0.05) is 0 Å². The molecule has 0 saturated carbocycles. The van der Waals surface area contributed by atoms with Gasteiger partial charge in [-0.1, -0.05) is 65.5 Å². The predicted octanol–water partition coefficient (Wildman–Crippen LogP) is 5.11. The van der Waals surface area contributed by atoms with Crippen LogP contribution in [0, 0.1) is 0 Å². The van der Waals surface area contributed by atoms with Crippen LogP contribution < -0.4 is 0 Å². The molecule has 0 aromatic carbocycles. The van der Waals surface area contributed by atoms with E-state index in [2.05, 4.69) is 32.4 Å². The molecular formula is C12H27BS. The van der Waals surface area contributed by atoms with E-state index in [9.17, 15) is 0 Å². The highest BCUT2D eigenvalue weighted by Gasteiger charge is 2.12. The van der Waals surface area contributed by atoms with Crippen LogP contribution in [0.2, 0.25) is 12.6 Å². The third kappa shape index (κ3) is 8.99. The van der Waals surface area contributed by atoms with E-state index in [-0.39, 0.29) is 0 Å². The van der Waals surface area contributed by atoms with Gasteiger partial charge in [0.25, 0.3) is 0 Å². The maximum absolute atomic E-state index is 2.30. The van der Waals surface area contributed by atoms with Gasteiger partial charge in [-0.2, -0.15) is 0 Å². The predicted molar refractivity (Wildman–Crippen MR) is 72.6 cm³/mol. The Bertz CT molecular complexity index is 98.5. The zero-order chi connectivity index (χ0) is 10.6. The fraction of sp³-hybridized carbons (Fsp3) is 1.00. The molecule has 0 unspecified atom stereocenters. The van der Waals surface area contributed by atoms with Gasteiger partial charge in [0.15, 0.2) is 0 Å². The highest BCUT2D eigenvalue weighted by atomic mass is 32.2. The van der Waals surface area contributed by atoms with Gasteiger partial charge in [-0.25, -0.2) is 11.6 Å². The molecule has 0 atom stereocenters. The average molecular weight is 214 g/mol. The van der Waals surface area contributed by atoms with Crippen LogP contribution in [0.1, 0.15) is 59.3 Å². The maximum atomic E-state index is 2.30. The molecule has 84 valence electrons. The van der Waals surface area contributed by atoms with Crippen molar-refractivity contribution in [3.8, 4) is 0 Å². The van der Waals surface area contributed by atoms with E-state index >= 15 is 0 Å². The average Bonchev–Trinajstić information content (AvgIpc) is 2.21. The highest BCUT2D eigenvalue weighted by Crippen LogP contribution is 2.21. The molecule has 0 spiro atoms. The van der Waals surface area contributed by atoms with E-state index < -0.39 is 0 Å². The normalized spacial score (nSPS) is 10.5.